The fourth-order valence-electron chi connectivity index (χ4n) is 8.13. The zero-order chi connectivity index (χ0) is 42.1. The predicted molar refractivity (Wildman–Crippen MR) is 239 cm³/mol. The zero-order valence-electron chi connectivity index (χ0n) is 35.2. The molecule has 9 heteroatoms. The van der Waals surface area contributed by atoms with E-state index >= 15 is 0 Å². The van der Waals surface area contributed by atoms with Crippen LogP contribution in [-0.2, 0) is 28.1 Å². The monoisotopic (exact) mass is 802 g/mol. The number of phenols is 2. The van der Waals surface area contributed by atoms with Crippen LogP contribution in [-0.4, -0.2) is 40.2 Å². The minimum atomic E-state index is -0.597. The molecule has 0 saturated heterocycles. The molecule has 0 atom stereocenters. The van der Waals surface area contributed by atoms with Crippen LogP contribution in [0.15, 0.2) is 121 Å². The van der Waals surface area contributed by atoms with E-state index in [0.717, 1.165) is 50.8 Å². The fraction of sp³-hybridized carbons (Fsp3) is 0.280. The lowest BCUT2D eigenvalue weighted by Gasteiger charge is -2.33. The Bertz CT molecular complexity index is 2810. The van der Waals surface area contributed by atoms with Crippen LogP contribution in [0.3, 0.4) is 0 Å². The molecule has 8 rings (SSSR count). The lowest BCUT2D eigenvalue weighted by atomic mass is 9.72. The predicted octanol–water partition coefficient (Wildman–Crippen LogP) is 11.7. The molecule has 300 valence electrons. The summed E-state index contributed by atoms with van der Waals surface area (Å²) in [5.41, 5.74) is 9.40. The molecule has 0 unspecified atom stereocenters. The average Bonchev–Trinajstić information content (AvgIpc) is 3.82. The Labute approximate surface area is 351 Å². The molecule has 6 aromatic carbocycles. The molecular weight excluding hydrogens is 752 g/mol. The van der Waals surface area contributed by atoms with Crippen LogP contribution in [0.4, 0.5) is 0 Å². The summed E-state index contributed by atoms with van der Waals surface area (Å²) < 4.78 is 0. The summed E-state index contributed by atoms with van der Waals surface area (Å²) in [5, 5.41) is 43.4. The van der Waals surface area contributed by atoms with Crippen molar-refractivity contribution in [2.75, 3.05) is 0 Å². The largest absolute Gasteiger partial charge is 0.505 e. The van der Waals surface area contributed by atoms with E-state index in [4.69, 9.17) is 32.0 Å². The Hall–Kier alpha value is -5.99. The Morgan fingerprint density at radius 1 is 0.475 bits per heavy atom. The van der Waals surface area contributed by atoms with E-state index in [0.29, 0.717) is 27.4 Å². The maximum atomic E-state index is 12.2. The highest BCUT2D eigenvalue weighted by molar-refractivity contribution is 6.31. The quantitative estimate of drug-likeness (QED) is 0.151. The topological polar surface area (TPSA) is 102 Å². The van der Waals surface area contributed by atoms with Crippen molar-refractivity contribution in [3.8, 4) is 22.9 Å². The molecule has 2 heterocycles. The molecular formula is C50H51ClN6O2. The standard InChI is InChI=1S/C50H51ClN6O2/c1-47(2,3)37-25-34(27-43(45(37)58)57-54-41-24-23-36(51)29-42(41)55-57)48(4,5)30-31-19-21-33(22-20-31)50(8,9)38-26-35(49(6,7)32-15-11-10-12-16-32)28-44(46(38)59)56-52-39-17-13-14-18-40(39)53-56/h10-29,58-59H,30H2,1-9H3. The van der Waals surface area contributed by atoms with Gasteiger partial charge in [-0.3, -0.25) is 0 Å². The summed E-state index contributed by atoms with van der Waals surface area (Å²) >= 11 is 6.27. The second-order valence-corrected chi connectivity index (χ2v) is 18.9. The summed E-state index contributed by atoms with van der Waals surface area (Å²) in [6.07, 6.45) is 0.736. The number of rotatable bonds is 9. The van der Waals surface area contributed by atoms with Crippen LogP contribution in [0.5, 0.6) is 11.5 Å². The van der Waals surface area contributed by atoms with E-state index in [1.54, 1.807) is 16.9 Å². The molecule has 8 aromatic rings. The molecule has 0 aliphatic rings. The first-order valence-electron chi connectivity index (χ1n) is 20.1. The van der Waals surface area contributed by atoms with Crippen LogP contribution in [0.2, 0.25) is 5.02 Å². The van der Waals surface area contributed by atoms with Gasteiger partial charge in [-0.05, 0) is 87.5 Å². The van der Waals surface area contributed by atoms with Gasteiger partial charge < -0.3 is 10.2 Å². The van der Waals surface area contributed by atoms with Crippen LogP contribution in [0.25, 0.3) is 33.4 Å². The maximum absolute atomic E-state index is 12.2. The Kier molecular flexibility index (Phi) is 9.71. The Balaban J connectivity index is 1.16. The third-order valence-corrected chi connectivity index (χ3v) is 12.3. The van der Waals surface area contributed by atoms with Crippen molar-refractivity contribution >= 4 is 33.7 Å². The molecule has 0 amide bonds. The van der Waals surface area contributed by atoms with Crippen molar-refractivity contribution in [3.63, 3.8) is 0 Å². The van der Waals surface area contributed by atoms with Gasteiger partial charge in [-0.2, -0.15) is 0 Å². The van der Waals surface area contributed by atoms with E-state index in [-0.39, 0.29) is 27.7 Å². The number of phenolic OH excluding ortho intramolecular Hbond substituents is 2. The first kappa shape index (κ1) is 39.8. The van der Waals surface area contributed by atoms with Gasteiger partial charge in [-0.1, -0.05) is 153 Å². The number of benzene rings is 6. The summed E-state index contributed by atoms with van der Waals surface area (Å²) in [4.78, 5) is 3.08. The van der Waals surface area contributed by atoms with Gasteiger partial charge in [-0.15, -0.1) is 30.0 Å². The summed E-state index contributed by atoms with van der Waals surface area (Å²) in [6, 6.07) is 40.6. The first-order valence-corrected chi connectivity index (χ1v) is 20.5. The first-order chi connectivity index (χ1) is 27.8. The Morgan fingerprint density at radius 3 is 1.56 bits per heavy atom. The third kappa shape index (κ3) is 7.35. The lowest BCUT2D eigenvalue weighted by molar-refractivity contribution is 0.436. The lowest BCUT2D eigenvalue weighted by Crippen LogP contribution is -2.25. The molecule has 0 saturated carbocycles. The molecule has 0 spiro atoms. The summed E-state index contributed by atoms with van der Waals surface area (Å²) in [6.45, 7) is 19.5. The van der Waals surface area contributed by atoms with Gasteiger partial charge >= 0.3 is 0 Å². The van der Waals surface area contributed by atoms with Crippen molar-refractivity contribution in [3.05, 3.63) is 165 Å². The fourth-order valence-corrected chi connectivity index (χ4v) is 8.30. The number of fused-ring (bicyclic) bond motifs is 2. The van der Waals surface area contributed by atoms with Crippen LogP contribution in [0, 0.1) is 0 Å². The van der Waals surface area contributed by atoms with E-state index < -0.39 is 5.41 Å². The highest BCUT2D eigenvalue weighted by Gasteiger charge is 2.34. The molecule has 2 aromatic heterocycles. The van der Waals surface area contributed by atoms with E-state index in [9.17, 15) is 10.2 Å². The van der Waals surface area contributed by atoms with E-state index in [2.05, 4.69) is 123 Å². The van der Waals surface area contributed by atoms with Gasteiger partial charge in [0.25, 0.3) is 0 Å². The zero-order valence-corrected chi connectivity index (χ0v) is 36.0. The van der Waals surface area contributed by atoms with Crippen molar-refractivity contribution < 1.29 is 10.2 Å². The Morgan fingerprint density at radius 2 is 0.966 bits per heavy atom. The van der Waals surface area contributed by atoms with Crippen LogP contribution < -0.4 is 0 Å². The van der Waals surface area contributed by atoms with Gasteiger partial charge in [0.1, 0.15) is 44.9 Å². The van der Waals surface area contributed by atoms with E-state index in [1.807, 2.05) is 48.5 Å². The molecule has 2 N–H and O–H groups in total. The van der Waals surface area contributed by atoms with Gasteiger partial charge in [0, 0.05) is 27.0 Å². The summed E-state index contributed by atoms with van der Waals surface area (Å²) in [7, 11) is 0. The number of aromatic nitrogens is 6. The number of halogens is 1. The van der Waals surface area contributed by atoms with Gasteiger partial charge in [0.05, 0.1) is 0 Å². The molecule has 0 bridgehead atoms. The van der Waals surface area contributed by atoms with E-state index in [1.165, 1.54) is 10.4 Å². The van der Waals surface area contributed by atoms with Crippen molar-refractivity contribution in [2.45, 2.75) is 90.4 Å². The van der Waals surface area contributed by atoms with Gasteiger partial charge in [-0.25, -0.2) is 0 Å². The molecule has 8 nitrogen and oxygen atoms in total. The van der Waals surface area contributed by atoms with Gasteiger partial charge in [0.2, 0.25) is 0 Å². The second-order valence-electron chi connectivity index (χ2n) is 18.5. The molecule has 0 aliphatic heterocycles. The highest BCUT2D eigenvalue weighted by atomic mass is 35.5. The molecule has 0 aliphatic carbocycles. The third-order valence-electron chi connectivity index (χ3n) is 12.0. The second kappa shape index (κ2) is 14.4. The maximum Gasteiger partial charge on any atom is 0.147 e. The molecule has 0 fully saturated rings. The minimum absolute atomic E-state index is 0.147. The van der Waals surface area contributed by atoms with Crippen molar-refractivity contribution in [2.24, 2.45) is 0 Å². The van der Waals surface area contributed by atoms with Crippen LogP contribution in [0.1, 0.15) is 101 Å². The van der Waals surface area contributed by atoms with Crippen molar-refractivity contribution in [1.29, 1.82) is 0 Å². The highest BCUT2D eigenvalue weighted by Crippen LogP contribution is 2.45. The number of hydrogen-bond donors (Lipinski definition) is 2. The molecule has 59 heavy (non-hydrogen) atoms. The smallest absolute Gasteiger partial charge is 0.147 e. The van der Waals surface area contributed by atoms with Crippen molar-refractivity contribution in [1.82, 2.24) is 30.0 Å². The normalized spacial score (nSPS) is 12.8. The van der Waals surface area contributed by atoms with Gasteiger partial charge in [0.15, 0.2) is 0 Å². The minimum Gasteiger partial charge on any atom is -0.505 e. The SMILES string of the molecule is CC(C)(C)c1cc(C(C)(C)Cc2ccc(C(C)(C)c3cc(C(C)(C)c4ccccc4)cc(-n4nc5ccccc5n4)c3O)cc2)cc(-n2nc3ccc(Cl)cc3n2)c1O. The number of nitrogens with zero attached hydrogens (tertiary/aromatic N) is 6. The van der Waals surface area contributed by atoms with Crippen LogP contribution >= 0.6 is 11.6 Å². The average molecular weight is 803 g/mol. The number of hydrogen-bond acceptors (Lipinski definition) is 6. The summed E-state index contributed by atoms with van der Waals surface area (Å²) in [5.74, 6) is 0.308. The number of aromatic hydroxyl groups is 2. The molecule has 0 radical (unpaired) electrons.